The van der Waals surface area contributed by atoms with Gasteiger partial charge in [0.1, 0.15) is 0 Å². The van der Waals surface area contributed by atoms with E-state index in [2.05, 4.69) is 15.5 Å². The Kier molecular flexibility index (Phi) is 12.3. The van der Waals surface area contributed by atoms with Crippen LogP contribution in [0.2, 0.25) is 0 Å². The molecule has 2 N–H and O–H groups in total. The minimum atomic E-state index is -4.25. The molecule has 0 radical (unpaired) electrons. The molecule has 1 heterocycles. The molecule has 1 fully saturated rings. The number of nitrogens with zero attached hydrogens (tertiary/aromatic N) is 2. The predicted octanol–water partition coefficient (Wildman–Crippen LogP) is -6.14. The third-order valence-corrected chi connectivity index (χ3v) is 4.78. The maximum Gasteiger partial charge on any atom is -1.00 e. The molecule has 0 aliphatic carbocycles. The second-order valence-corrected chi connectivity index (χ2v) is 6.30. The van der Waals surface area contributed by atoms with Gasteiger partial charge in [0, 0.05) is 0 Å². The average molecular weight is 386 g/mol. The molecule has 0 aromatic heterocycles. The molecular formula is C11H22Cl2F3N4Ti. The Morgan fingerprint density at radius 1 is 0.952 bits per heavy atom. The maximum atomic E-state index is 13.3. The zero-order valence-electron chi connectivity index (χ0n) is 12.2. The van der Waals surface area contributed by atoms with Crippen LogP contribution in [0.15, 0.2) is 0 Å². The van der Waals surface area contributed by atoms with Gasteiger partial charge < -0.3 is 24.8 Å². The molecule has 10 heteroatoms. The average Bonchev–Trinajstić information content (AvgIpc) is 2.31. The maximum absolute atomic E-state index is 13.3. The van der Waals surface area contributed by atoms with Gasteiger partial charge in [0.25, 0.3) is 0 Å². The summed E-state index contributed by atoms with van der Waals surface area (Å²) in [5.74, 6) is 0. The zero-order valence-corrected chi connectivity index (χ0v) is 15.3. The molecule has 0 spiro atoms. The summed E-state index contributed by atoms with van der Waals surface area (Å²) in [4.78, 5) is 3.46. The van der Waals surface area contributed by atoms with Crippen LogP contribution in [-0.4, -0.2) is 79.7 Å². The largest absolute Gasteiger partial charge is 1.00 e. The topological polar surface area (TPSA) is 30.5 Å². The molecule has 0 aromatic carbocycles. The van der Waals surface area contributed by atoms with E-state index in [1.165, 1.54) is 25.3 Å². The van der Waals surface area contributed by atoms with Crippen molar-refractivity contribution in [3.8, 4) is 0 Å². The molecule has 1 atom stereocenters. The Labute approximate surface area is 148 Å². The monoisotopic (exact) mass is 385 g/mol. The molecule has 125 valence electrons. The van der Waals surface area contributed by atoms with Crippen LogP contribution in [-0.2, 0) is 20.4 Å². The molecule has 21 heavy (non-hydrogen) atoms. The molecule has 0 aromatic rings. The summed E-state index contributed by atoms with van der Waals surface area (Å²) in [5, 5.41) is 6.12. The first-order valence-corrected chi connectivity index (χ1v) is 7.18. The van der Waals surface area contributed by atoms with Gasteiger partial charge in [-0.05, 0) is 0 Å². The standard InChI is InChI=1S/C11H22F3N4.2ClH.Ti/c1-17-6-5-15-3-4-16-9-10(11(12,13)14)18(2)8-7-17;;;/h15-16H,3-9H2,1-2H3;2*1H;/q;;;+2/p-2. The van der Waals surface area contributed by atoms with Gasteiger partial charge in [0.05, 0.1) is 0 Å². The van der Waals surface area contributed by atoms with Crippen LogP contribution in [0.1, 0.15) is 0 Å². The summed E-state index contributed by atoms with van der Waals surface area (Å²) in [6, 6.07) is 0. The van der Waals surface area contributed by atoms with Crippen molar-refractivity contribution < 1.29 is 58.4 Å². The van der Waals surface area contributed by atoms with E-state index in [1.807, 2.05) is 7.05 Å². The molecule has 0 amide bonds. The Morgan fingerprint density at radius 3 is 2.10 bits per heavy atom. The van der Waals surface area contributed by atoms with E-state index >= 15 is 0 Å². The van der Waals surface area contributed by atoms with Gasteiger partial charge in [-0.2, -0.15) is 0 Å². The van der Waals surface area contributed by atoms with Gasteiger partial charge in [-0.3, -0.25) is 0 Å². The van der Waals surface area contributed by atoms with Crippen LogP contribution in [0.4, 0.5) is 13.2 Å². The van der Waals surface area contributed by atoms with E-state index in [0.717, 1.165) is 13.1 Å². The first kappa shape index (κ1) is 24.2. The van der Waals surface area contributed by atoms with Crippen LogP contribution in [0, 0.1) is 0 Å². The van der Waals surface area contributed by atoms with Crippen molar-refractivity contribution in [1.29, 1.82) is 0 Å². The predicted molar refractivity (Wildman–Crippen MR) is 64.7 cm³/mol. The Bertz CT molecular complexity index is 287. The fraction of sp³-hybridized carbons (Fsp3) is 1.00. The smallest absolute Gasteiger partial charge is 1.00 e. The van der Waals surface area contributed by atoms with Crippen LogP contribution in [0.3, 0.4) is 0 Å². The molecule has 0 bridgehead atoms. The minimum absolute atomic E-state index is 0. The third kappa shape index (κ3) is 7.35. The van der Waals surface area contributed by atoms with Crippen molar-refractivity contribution >= 4 is 0 Å². The Morgan fingerprint density at radius 2 is 1.52 bits per heavy atom. The van der Waals surface area contributed by atoms with Crippen LogP contribution in [0.5, 0.6) is 0 Å². The molecule has 1 aliphatic rings. The van der Waals surface area contributed by atoms with Crippen molar-refractivity contribution in [3.63, 3.8) is 0 Å². The number of alkyl halides is 3. The number of likely N-dealkylation sites (N-methyl/N-ethyl adjacent to an activating group) is 2. The molecule has 4 nitrogen and oxygen atoms in total. The number of rotatable bonds is 0. The van der Waals surface area contributed by atoms with Crippen molar-refractivity contribution in [3.05, 3.63) is 0 Å². The Balaban J connectivity index is 0. The molecule has 0 saturated carbocycles. The third-order valence-electron chi connectivity index (χ3n) is 3.47. The summed E-state index contributed by atoms with van der Waals surface area (Å²) >= 11 is 1.26. The second-order valence-electron chi connectivity index (χ2n) is 5.01. The fourth-order valence-corrected chi connectivity index (χ4v) is 2.29. The van der Waals surface area contributed by atoms with Gasteiger partial charge >= 0.3 is 124 Å². The van der Waals surface area contributed by atoms with Crippen LogP contribution in [0.25, 0.3) is 0 Å². The SMILES string of the molecule is CN1CCNCCNC[C]([Ti+2])(C(F)(F)F)N(C)CC1.[Cl-].[Cl-]. The van der Waals surface area contributed by atoms with Gasteiger partial charge in [0.2, 0.25) is 0 Å². The van der Waals surface area contributed by atoms with Gasteiger partial charge in [-0.15, -0.1) is 0 Å². The van der Waals surface area contributed by atoms with Crippen LogP contribution < -0.4 is 35.4 Å². The zero-order chi connectivity index (χ0) is 14.5. The Hall–Kier alpha value is 0.924. The van der Waals surface area contributed by atoms with E-state index < -0.39 is 10.0 Å². The van der Waals surface area contributed by atoms with E-state index in [4.69, 9.17) is 0 Å². The molecule has 1 saturated heterocycles. The van der Waals surface area contributed by atoms with E-state index in [1.54, 1.807) is 7.05 Å². The van der Waals surface area contributed by atoms with Crippen molar-refractivity contribution in [1.82, 2.24) is 20.4 Å². The van der Waals surface area contributed by atoms with Crippen molar-refractivity contribution in [2.45, 2.75) is 10.0 Å². The number of halogens is 5. The molecule has 1 aliphatic heterocycles. The van der Waals surface area contributed by atoms with Crippen LogP contribution >= 0.6 is 0 Å². The molecule has 1 unspecified atom stereocenters. The van der Waals surface area contributed by atoms with Crippen molar-refractivity contribution in [2.24, 2.45) is 0 Å². The van der Waals surface area contributed by atoms with E-state index in [9.17, 15) is 13.2 Å². The number of nitrogens with one attached hydrogen (secondary N) is 2. The number of hydrogen-bond acceptors (Lipinski definition) is 4. The molecule has 1 rings (SSSR count). The summed E-state index contributed by atoms with van der Waals surface area (Å²) in [6.07, 6.45) is -4.25. The summed E-state index contributed by atoms with van der Waals surface area (Å²) in [6.45, 7) is 3.88. The van der Waals surface area contributed by atoms with Gasteiger partial charge in [0.15, 0.2) is 0 Å². The van der Waals surface area contributed by atoms with Gasteiger partial charge in [-0.1, -0.05) is 0 Å². The normalized spacial score (nSPS) is 27.8. The summed E-state index contributed by atoms with van der Waals surface area (Å²) in [5.41, 5.74) is 0. The minimum Gasteiger partial charge on any atom is -1.00 e. The summed E-state index contributed by atoms with van der Waals surface area (Å²) in [7, 11) is 3.48. The van der Waals surface area contributed by atoms with Crippen molar-refractivity contribution in [2.75, 3.05) is 59.9 Å². The first-order chi connectivity index (χ1) is 8.77. The quantitative estimate of drug-likeness (QED) is 0.406. The van der Waals surface area contributed by atoms with E-state index in [0.29, 0.717) is 26.2 Å². The second kappa shape index (κ2) is 10.7. The molecular weight excluding hydrogens is 364 g/mol. The van der Waals surface area contributed by atoms with Gasteiger partial charge in [-0.25, -0.2) is 0 Å². The van der Waals surface area contributed by atoms with E-state index in [-0.39, 0.29) is 31.4 Å². The fourth-order valence-electron chi connectivity index (χ4n) is 1.92. The first-order valence-electron chi connectivity index (χ1n) is 6.40. The summed E-state index contributed by atoms with van der Waals surface area (Å²) < 4.78 is 38.0. The number of hydrogen-bond donors (Lipinski definition) is 2.